The van der Waals surface area contributed by atoms with Crippen LogP contribution in [0.3, 0.4) is 0 Å². The van der Waals surface area contributed by atoms with Crippen molar-refractivity contribution in [3.8, 4) is 0 Å². The molecule has 1 amide bonds. The van der Waals surface area contributed by atoms with Gasteiger partial charge in [0.1, 0.15) is 6.10 Å². The molecule has 0 saturated heterocycles. The highest BCUT2D eigenvalue weighted by Crippen LogP contribution is 2.29. The summed E-state index contributed by atoms with van der Waals surface area (Å²) in [4.78, 5) is 11.9. The van der Waals surface area contributed by atoms with Gasteiger partial charge in [-0.1, -0.05) is 49.4 Å². The molecule has 2 aromatic carbocycles. The van der Waals surface area contributed by atoms with Crippen molar-refractivity contribution in [2.24, 2.45) is 0 Å². The van der Waals surface area contributed by atoms with Gasteiger partial charge in [0.25, 0.3) is 0 Å². The van der Waals surface area contributed by atoms with Crippen LogP contribution in [0.25, 0.3) is 0 Å². The Morgan fingerprint density at radius 2 is 1.78 bits per heavy atom. The third kappa shape index (κ3) is 7.30. The Bertz CT molecular complexity index is 720. The maximum atomic E-state index is 12.7. The summed E-state index contributed by atoms with van der Waals surface area (Å²) in [6.07, 6.45) is -4.90. The molecule has 0 spiro atoms. The standard InChI is InChI=1S/C20H22F3NO3/c1-2-18(27-19(25)24-12-15-7-4-3-5-8-15)14-26-13-16-9-6-10-17(11-16)20(21,22)23/h3-11,18H,2,12-14H2,1H3,(H,24,25). The largest absolute Gasteiger partial charge is 0.444 e. The zero-order chi connectivity index (χ0) is 19.7. The Labute approximate surface area is 156 Å². The number of nitrogens with one attached hydrogen (secondary N) is 1. The Morgan fingerprint density at radius 1 is 1.07 bits per heavy atom. The van der Waals surface area contributed by atoms with Gasteiger partial charge in [0.05, 0.1) is 18.8 Å². The van der Waals surface area contributed by atoms with Gasteiger partial charge in [-0.3, -0.25) is 0 Å². The van der Waals surface area contributed by atoms with Gasteiger partial charge in [0.2, 0.25) is 0 Å². The predicted molar refractivity (Wildman–Crippen MR) is 94.9 cm³/mol. The molecule has 2 rings (SSSR count). The highest BCUT2D eigenvalue weighted by atomic mass is 19.4. The third-order valence-electron chi connectivity index (χ3n) is 3.84. The number of halogens is 3. The van der Waals surface area contributed by atoms with Crippen LogP contribution < -0.4 is 5.32 Å². The van der Waals surface area contributed by atoms with Crippen molar-refractivity contribution >= 4 is 6.09 Å². The highest BCUT2D eigenvalue weighted by Gasteiger charge is 2.30. The number of amides is 1. The van der Waals surface area contributed by atoms with Crippen LogP contribution in [0, 0.1) is 0 Å². The lowest BCUT2D eigenvalue weighted by atomic mass is 10.1. The fraction of sp³-hybridized carbons (Fsp3) is 0.350. The molecule has 0 saturated carbocycles. The molecule has 0 aliphatic carbocycles. The van der Waals surface area contributed by atoms with E-state index in [0.717, 1.165) is 17.7 Å². The van der Waals surface area contributed by atoms with Crippen LogP contribution in [0.5, 0.6) is 0 Å². The number of carbonyl (C=O) groups excluding carboxylic acids is 1. The number of alkyl halides is 3. The van der Waals surface area contributed by atoms with Gasteiger partial charge in [-0.15, -0.1) is 0 Å². The summed E-state index contributed by atoms with van der Waals surface area (Å²) >= 11 is 0. The summed E-state index contributed by atoms with van der Waals surface area (Å²) in [7, 11) is 0. The maximum absolute atomic E-state index is 12.7. The van der Waals surface area contributed by atoms with Crippen molar-refractivity contribution in [2.75, 3.05) is 6.61 Å². The molecule has 0 aliphatic rings. The van der Waals surface area contributed by atoms with E-state index >= 15 is 0 Å². The number of benzene rings is 2. The molecule has 0 aliphatic heterocycles. The van der Waals surface area contributed by atoms with Crippen LogP contribution in [-0.2, 0) is 28.8 Å². The first-order valence-corrected chi connectivity index (χ1v) is 8.60. The number of alkyl carbamates (subject to hydrolysis) is 1. The zero-order valence-electron chi connectivity index (χ0n) is 15.0. The molecule has 7 heteroatoms. The molecule has 1 atom stereocenters. The second kappa shape index (κ2) is 9.97. The van der Waals surface area contributed by atoms with Crippen LogP contribution in [0.4, 0.5) is 18.0 Å². The molecular formula is C20H22F3NO3. The first-order valence-electron chi connectivity index (χ1n) is 8.60. The van der Waals surface area contributed by atoms with Crippen molar-refractivity contribution in [3.63, 3.8) is 0 Å². The SMILES string of the molecule is CCC(COCc1cccc(C(F)(F)F)c1)OC(=O)NCc1ccccc1. The zero-order valence-corrected chi connectivity index (χ0v) is 15.0. The van der Waals surface area contributed by atoms with E-state index in [4.69, 9.17) is 9.47 Å². The number of carbonyl (C=O) groups is 1. The lowest BCUT2D eigenvalue weighted by Crippen LogP contribution is -2.30. The Balaban J connectivity index is 1.76. The fourth-order valence-corrected chi connectivity index (χ4v) is 2.34. The van der Waals surface area contributed by atoms with Gasteiger partial charge in [-0.25, -0.2) is 4.79 Å². The average molecular weight is 381 g/mol. The molecular weight excluding hydrogens is 359 g/mol. The fourth-order valence-electron chi connectivity index (χ4n) is 2.34. The number of hydrogen-bond donors (Lipinski definition) is 1. The van der Waals surface area contributed by atoms with E-state index in [0.29, 0.717) is 18.5 Å². The quantitative estimate of drug-likeness (QED) is 0.706. The Kier molecular flexibility index (Phi) is 7.67. The Hall–Kier alpha value is -2.54. The average Bonchev–Trinajstić information content (AvgIpc) is 2.66. The van der Waals surface area contributed by atoms with E-state index in [1.165, 1.54) is 6.07 Å². The van der Waals surface area contributed by atoms with Gasteiger partial charge in [0.15, 0.2) is 0 Å². The second-order valence-electron chi connectivity index (χ2n) is 5.99. The molecule has 0 fully saturated rings. The number of rotatable bonds is 8. The van der Waals surface area contributed by atoms with E-state index in [-0.39, 0.29) is 13.2 Å². The molecule has 2 aromatic rings. The molecule has 146 valence electrons. The maximum Gasteiger partial charge on any atom is 0.416 e. The van der Waals surface area contributed by atoms with Gasteiger partial charge < -0.3 is 14.8 Å². The lowest BCUT2D eigenvalue weighted by Gasteiger charge is -2.17. The molecule has 0 aromatic heterocycles. The summed E-state index contributed by atoms with van der Waals surface area (Å²) < 4.78 is 48.8. The van der Waals surface area contributed by atoms with Gasteiger partial charge in [0, 0.05) is 6.54 Å². The minimum Gasteiger partial charge on any atom is -0.444 e. The summed E-state index contributed by atoms with van der Waals surface area (Å²) in [5.74, 6) is 0. The molecule has 1 unspecified atom stereocenters. The van der Waals surface area contributed by atoms with Crippen LogP contribution >= 0.6 is 0 Å². The molecule has 1 N–H and O–H groups in total. The van der Waals surface area contributed by atoms with E-state index in [1.54, 1.807) is 6.07 Å². The second-order valence-corrected chi connectivity index (χ2v) is 5.99. The molecule has 27 heavy (non-hydrogen) atoms. The first kappa shape index (κ1) is 20.8. The van der Waals surface area contributed by atoms with Gasteiger partial charge in [-0.05, 0) is 29.7 Å². The molecule has 0 bridgehead atoms. The van der Waals surface area contributed by atoms with E-state index in [1.807, 2.05) is 37.3 Å². The van der Waals surface area contributed by atoms with Gasteiger partial charge in [-0.2, -0.15) is 13.2 Å². The van der Waals surface area contributed by atoms with Crippen molar-refractivity contribution in [3.05, 3.63) is 71.3 Å². The number of hydrogen-bond acceptors (Lipinski definition) is 3. The highest BCUT2D eigenvalue weighted by molar-refractivity contribution is 5.67. The van der Waals surface area contributed by atoms with Crippen molar-refractivity contribution in [2.45, 2.75) is 38.8 Å². The lowest BCUT2D eigenvalue weighted by molar-refractivity contribution is -0.137. The summed E-state index contributed by atoms with van der Waals surface area (Å²) in [6.45, 7) is 2.30. The Morgan fingerprint density at radius 3 is 2.44 bits per heavy atom. The van der Waals surface area contributed by atoms with Crippen LogP contribution in [-0.4, -0.2) is 18.8 Å². The summed E-state index contributed by atoms with van der Waals surface area (Å²) in [5, 5.41) is 2.65. The molecule has 0 radical (unpaired) electrons. The van der Waals surface area contributed by atoms with Crippen molar-refractivity contribution in [1.82, 2.24) is 5.32 Å². The first-order chi connectivity index (χ1) is 12.9. The summed E-state index contributed by atoms with van der Waals surface area (Å²) in [6, 6.07) is 14.4. The minimum atomic E-state index is -4.39. The topological polar surface area (TPSA) is 47.6 Å². The molecule has 0 heterocycles. The minimum absolute atomic E-state index is 0.00934. The smallest absolute Gasteiger partial charge is 0.416 e. The van der Waals surface area contributed by atoms with E-state index in [9.17, 15) is 18.0 Å². The van der Waals surface area contributed by atoms with Crippen LogP contribution in [0.1, 0.15) is 30.0 Å². The van der Waals surface area contributed by atoms with Crippen molar-refractivity contribution < 1.29 is 27.4 Å². The van der Waals surface area contributed by atoms with Crippen molar-refractivity contribution in [1.29, 1.82) is 0 Å². The summed E-state index contributed by atoms with van der Waals surface area (Å²) in [5.41, 5.74) is 0.642. The normalized spacial score (nSPS) is 12.4. The van der Waals surface area contributed by atoms with Crippen LogP contribution in [0.15, 0.2) is 54.6 Å². The monoisotopic (exact) mass is 381 g/mol. The van der Waals surface area contributed by atoms with E-state index in [2.05, 4.69) is 5.32 Å². The molecule has 4 nitrogen and oxygen atoms in total. The van der Waals surface area contributed by atoms with E-state index < -0.39 is 23.9 Å². The van der Waals surface area contributed by atoms with Crippen LogP contribution in [0.2, 0.25) is 0 Å². The third-order valence-corrected chi connectivity index (χ3v) is 3.84. The predicted octanol–water partition coefficient (Wildman–Crippen LogP) is 4.93. The number of ether oxygens (including phenoxy) is 2. The van der Waals surface area contributed by atoms with Gasteiger partial charge >= 0.3 is 12.3 Å².